The number of amides is 1. The van der Waals surface area contributed by atoms with Gasteiger partial charge >= 0.3 is 0 Å². The fourth-order valence-electron chi connectivity index (χ4n) is 2.36. The Labute approximate surface area is 167 Å². The Balaban J connectivity index is 1.36. The molecule has 0 saturated heterocycles. The average molecular weight is 414 g/mol. The van der Waals surface area contributed by atoms with Gasteiger partial charge < -0.3 is 19.6 Å². The number of benzene rings is 2. The van der Waals surface area contributed by atoms with Crippen molar-refractivity contribution in [3.63, 3.8) is 0 Å². The number of hydrogen-bond acceptors (Lipinski definition) is 9. The number of anilines is 1. The van der Waals surface area contributed by atoms with E-state index in [1.807, 2.05) is 18.2 Å². The molecule has 8 nitrogen and oxygen atoms in total. The molecule has 0 saturated carbocycles. The highest BCUT2D eigenvalue weighted by molar-refractivity contribution is 7.99. The summed E-state index contributed by atoms with van der Waals surface area (Å²) in [5.41, 5.74) is 1.48. The number of phenolic OH excluding ortho intramolecular Hbond substituents is 1. The van der Waals surface area contributed by atoms with Crippen molar-refractivity contribution >= 4 is 44.4 Å². The van der Waals surface area contributed by atoms with E-state index in [0.717, 1.165) is 27.7 Å². The normalized spacial score (nSPS) is 10.9. The Morgan fingerprint density at radius 1 is 1.25 bits per heavy atom. The molecule has 10 heteroatoms. The van der Waals surface area contributed by atoms with Gasteiger partial charge in [0.1, 0.15) is 11.5 Å². The third-order valence-corrected chi connectivity index (χ3v) is 5.44. The molecule has 0 aliphatic carbocycles. The quantitative estimate of drug-likeness (QED) is 0.459. The summed E-state index contributed by atoms with van der Waals surface area (Å²) in [7, 11) is 1.60. The van der Waals surface area contributed by atoms with Crippen LogP contribution in [0.3, 0.4) is 0 Å². The van der Waals surface area contributed by atoms with Gasteiger partial charge in [0.05, 0.1) is 23.1 Å². The smallest absolute Gasteiger partial charge is 0.277 e. The number of methoxy groups -OCH3 is 1. The lowest BCUT2D eigenvalue weighted by Gasteiger charge is -1.98. The summed E-state index contributed by atoms with van der Waals surface area (Å²) in [6.45, 7) is 0. The van der Waals surface area contributed by atoms with Crippen LogP contribution in [-0.2, 0) is 4.79 Å². The predicted molar refractivity (Wildman–Crippen MR) is 107 cm³/mol. The summed E-state index contributed by atoms with van der Waals surface area (Å²) in [4.78, 5) is 16.6. The van der Waals surface area contributed by atoms with Crippen molar-refractivity contribution in [2.45, 2.75) is 5.22 Å². The van der Waals surface area contributed by atoms with Crippen molar-refractivity contribution in [2.24, 2.45) is 0 Å². The second-order valence-electron chi connectivity index (χ2n) is 5.61. The second-order valence-corrected chi connectivity index (χ2v) is 7.57. The van der Waals surface area contributed by atoms with E-state index in [1.165, 1.54) is 23.5 Å². The van der Waals surface area contributed by atoms with E-state index in [0.29, 0.717) is 16.6 Å². The number of aromatic nitrogens is 3. The zero-order valence-corrected chi connectivity index (χ0v) is 16.2. The molecule has 1 amide bonds. The van der Waals surface area contributed by atoms with E-state index < -0.39 is 0 Å². The molecule has 4 rings (SSSR count). The molecule has 2 aromatic carbocycles. The predicted octanol–water partition coefficient (Wildman–Crippen LogP) is 3.79. The van der Waals surface area contributed by atoms with Crippen molar-refractivity contribution in [3.8, 4) is 23.0 Å². The molecule has 28 heavy (non-hydrogen) atoms. The molecule has 0 spiro atoms. The van der Waals surface area contributed by atoms with Crippen LogP contribution in [0.4, 0.5) is 5.13 Å². The molecule has 0 aliphatic heterocycles. The first-order valence-electron chi connectivity index (χ1n) is 8.11. The number of rotatable bonds is 6. The summed E-state index contributed by atoms with van der Waals surface area (Å²) >= 11 is 2.51. The molecule has 0 aliphatic rings. The van der Waals surface area contributed by atoms with E-state index in [4.69, 9.17) is 9.15 Å². The van der Waals surface area contributed by atoms with E-state index in [1.54, 1.807) is 19.2 Å². The first-order valence-corrected chi connectivity index (χ1v) is 9.91. The van der Waals surface area contributed by atoms with Gasteiger partial charge in [0.25, 0.3) is 5.22 Å². The highest BCUT2D eigenvalue weighted by Gasteiger charge is 2.13. The number of carbonyl (C=O) groups excluding carboxylic acids is 1. The minimum absolute atomic E-state index is 0.108. The number of fused-ring (bicyclic) bond motifs is 1. The van der Waals surface area contributed by atoms with E-state index in [-0.39, 0.29) is 22.6 Å². The molecule has 2 heterocycles. The zero-order valence-electron chi connectivity index (χ0n) is 14.6. The van der Waals surface area contributed by atoms with Crippen LogP contribution < -0.4 is 10.1 Å². The molecule has 0 unspecified atom stereocenters. The lowest BCUT2D eigenvalue weighted by Crippen LogP contribution is -2.13. The first kappa shape index (κ1) is 18.3. The average Bonchev–Trinajstić information content (AvgIpc) is 3.32. The van der Waals surface area contributed by atoms with Crippen LogP contribution in [0.25, 0.3) is 21.7 Å². The van der Waals surface area contributed by atoms with Crippen LogP contribution in [-0.4, -0.2) is 39.1 Å². The fourth-order valence-corrected chi connectivity index (χ4v) is 3.83. The van der Waals surface area contributed by atoms with Crippen molar-refractivity contribution in [1.29, 1.82) is 0 Å². The molecule has 0 fully saturated rings. The van der Waals surface area contributed by atoms with Crippen molar-refractivity contribution in [1.82, 2.24) is 15.2 Å². The number of nitrogens with zero attached hydrogens (tertiary/aromatic N) is 3. The maximum absolute atomic E-state index is 12.2. The van der Waals surface area contributed by atoms with Crippen molar-refractivity contribution < 1.29 is 19.1 Å². The van der Waals surface area contributed by atoms with Gasteiger partial charge in [-0.1, -0.05) is 23.1 Å². The number of carbonyl (C=O) groups is 1. The number of thiazole rings is 1. The van der Waals surface area contributed by atoms with Gasteiger partial charge in [-0.3, -0.25) is 4.79 Å². The van der Waals surface area contributed by atoms with E-state index in [9.17, 15) is 9.90 Å². The van der Waals surface area contributed by atoms with Gasteiger partial charge in [-0.15, -0.1) is 10.2 Å². The highest BCUT2D eigenvalue weighted by atomic mass is 32.2. The number of hydrogen-bond donors (Lipinski definition) is 2. The molecule has 142 valence electrons. The molecular weight excluding hydrogens is 400 g/mol. The van der Waals surface area contributed by atoms with E-state index in [2.05, 4.69) is 20.5 Å². The molecule has 0 atom stereocenters. The van der Waals surface area contributed by atoms with Gasteiger partial charge in [-0.05, 0) is 42.5 Å². The van der Waals surface area contributed by atoms with Crippen LogP contribution in [0.2, 0.25) is 0 Å². The minimum atomic E-state index is -0.222. The second kappa shape index (κ2) is 7.87. The summed E-state index contributed by atoms with van der Waals surface area (Å²) in [6.07, 6.45) is 0. The van der Waals surface area contributed by atoms with Crippen LogP contribution in [0.1, 0.15) is 0 Å². The van der Waals surface area contributed by atoms with E-state index >= 15 is 0 Å². The lowest BCUT2D eigenvalue weighted by molar-refractivity contribution is -0.113. The molecule has 2 aromatic heterocycles. The highest BCUT2D eigenvalue weighted by Crippen LogP contribution is 2.29. The van der Waals surface area contributed by atoms with Gasteiger partial charge in [0.2, 0.25) is 11.8 Å². The van der Waals surface area contributed by atoms with Crippen LogP contribution >= 0.6 is 23.1 Å². The lowest BCUT2D eigenvalue weighted by atomic mass is 10.2. The Hall–Kier alpha value is -3.11. The summed E-state index contributed by atoms with van der Waals surface area (Å²) in [5, 5.41) is 20.8. The van der Waals surface area contributed by atoms with Crippen molar-refractivity contribution in [3.05, 3.63) is 42.5 Å². The maximum atomic E-state index is 12.2. The molecule has 0 bridgehead atoms. The Morgan fingerprint density at radius 3 is 2.86 bits per heavy atom. The van der Waals surface area contributed by atoms with Gasteiger partial charge in [0, 0.05) is 5.56 Å². The van der Waals surface area contributed by atoms with Gasteiger partial charge in [-0.25, -0.2) is 4.98 Å². The fraction of sp³-hybridized carbons (Fsp3) is 0.111. The molecule has 4 aromatic rings. The Bertz CT molecular complexity index is 1120. The number of ether oxygens (including phenoxy) is 1. The topological polar surface area (TPSA) is 110 Å². The zero-order chi connectivity index (χ0) is 19.5. The first-order chi connectivity index (χ1) is 13.6. The Kier molecular flexibility index (Phi) is 5.13. The molecule has 2 N–H and O–H groups in total. The SMILES string of the molecule is COc1ccc2nc(NC(=O)CSc3nnc(-c4ccc(O)cc4)o3)sc2c1. The largest absolute Gasteiger partial charge is 0.508 e. The third kappa shape index (κ3) is 4.07. The van der Waals surface area contributed by atoms with Crippen LogP contribution in [0.5, 0.6) is 11.5 Å². The monoisotopic (exact) mass is 414 g/mol. The van der Waals surface area contributed by atoms with Gasteiger partial charge in [-0.2, -0.15) is 0 Å². The van der Waals surface area contributed by atoms with Crippen LogP contribution in [0, 0.1) is 0 Å². The molecular formula is C18H14N4O4S2. The summed E-state index contributed by atoms with van der Waals surface area (Å²) in [6, 6.07) is 12.0. The number of phenols is 1. The maximum Gasteiger partial charge on any atom is 0.277 e. The summed E-state index contributed by atoms with van der Waals surface area (Å²) < 4.78 is 11.7. The summed E-state index contributed by atoms with van der Waals surface area (Å²) in [5.74, 6) is 1.10. The number of nitrogens with one attached hydrogen (secondary N) is 1. The van der Waals surface area contributed by atoms with Gasteiger partial charge in [0.15, 0.2) is 5.13 Å². The number of thioether (sulfide) groups is 1. The standard InChI is InChI=1S/C18H14N4O4S2/c1-25-12-6-7-13-14(8-12)28-17(19-13)20-15(24)9-27-18-22-21-16(26-18)10-2-4-11(23)5-3-10/h2-8,23H,9H2,1H3,(H,19,20,24). The minimum Gasteiger partial charge on any atom is -0.508 e. The van der Waals surface area contributed by atoms with Crippen molar-refractivity contribution in [2.75, 3.05) is 18.2 Å². The molecule has 0 radical (unpaired) electrons. The van der Waals surface area contributed by atoms with Crippen LogP contribution in [0.15, 0.2) is 52.1 Å². The third-order valence-electron chi connectivity index (χ3n) is 3.69. The number of aromatic hydroxyl groups is 1. The Morgan fingerprint density at radius 2 is 2.07 bits per heavy atom.